The van der Waals surface area contributed by atoms with Crippen LogP contribution in [0.1, 0.15) is 18.6 Å². The van der Waals surface area contributed by atoms with Crippen molar-refractivity contribution in [3.05, 3.63) is 24.2 Å². The monoisotopic (exact) mass is 243 g/mol. The van der Waals surface area contributed by atoms with Gasteiger partial charge in [-0.2, -0.15) is 0 Å². The lowest BCUT2D eigenvalue weighted by atomic mass is 9.97. The van der Waals surface area contributed by atoms with Gasteiger partial charge in [0.05, 0.1) is 17.8 Å². The molecule has 2 atom stereocenters. The third-order valence-corrected chi connectivity index (χ3v) is 4.84. The molecule has 4 nitrogen and oxygen atoms in total. The Balaban J connectivity index is 1.82. The Morgan fingerprint density at radius 2 is 2.38 bits per heavy atom. The molecule has 1 fully saturated rings. The van der Waals surface area contributed by atoms with Gasteiger partial charge in [0.2, 0.25) is 0 Å². The highest BCUT2D eigenvalue weighted by molar-refractivity contribution is 7.91. The molecule has 2 unspecified atom stereocenters. The van der Waals surface area contributed by atoms with Crippen LogP contribution < -0.4 is 5.73 Å². The molecule has 0 radical (unpaired) electrons. The Morgan fingerprint density at radius 1 is 1.56 bits per heavy atom. The molecular weight excluding hydrogens is 226 g/mol. The minimum Gasteiger partial charge on any atom is -0.469 e. The van der Waals surface area contributed by atoms with E-state index in [0.717, 1.165) is 18.6 Å². The molecule has 2 N–H and O–H groups in total. The summed E-state index contributed by atoms with van der Waals surface area (Å²) in [5, 5.41) is 0. The fraction of sp³-hybridized carbons (Fsp3) is 0.636. The summed E-state index contributed by atoms with van der Waals surface area (Å²) in [5.41, 5.74) is 5.98. The molecule has 1 aromatic rings. The summed E-state index contributed by atoms with van der Waals surface area (Å²) >= 11 is 0. The molecule has 1 aromatic heterocycles. The number of rotatable bonds is 4. The van der Waals surface area contributed by atoms with Crippen molar-refractivity contribution < 1.29 is 12.8 Å². The van der Waals surface area contributed by atoms with Crippen LogP contribution in [0.3, 0.4) is 0 Å². The molecule has 2 heterocycles. The van der Waals surface area contributed by atoms with Crippen LogP contribution in [-0.4, -0.2) is 26.0 Å². The second kappa shape index (κ2) is 4.59. The summed E-state index contributed by atoms with van der Waals surface area (Å²) in [4.78, 5) is 0. The van der Waals surface area contributed by atoms with Crippen molar-refractivity contribution in [2.45, 2.75) is 25.3 Å². The van der Waals surface area contributed by atoms with Crippen LogP contribution in [0.4, 0.5) is 0 Å². The number of hydrogen-bond acceptors (Lipinski definition) is 4. The van der Waals surface area contributed by atoms with Crippen LogP contribution in [-0.2, 0) is 16.3 Å². The first-order chi connectivity index (χ1) is 7.55. The first-order valence-corrected chi connectivity index (χ1v) is 7.36. The van der Waals surface area contributed by atoms with Gasteiger partial charge in [-0.25, -0.2) is 8.42 Å². The van der Waals surface area contributed by atoms with Crippen LogP contribution in [0, 0.1) is 5.92 Å². The highest BCUT2D eigenvalue weighted by Gasteiger charge is 2.29. The van der Waals surface area contributed by atoms with Crippen LogP contribution >= 0.6 is 0 Å². The van der Waals surface area contributed by atoms with Crippen LogP contribution in [0.2, 0.25) is 0 Å². The lowest BCUT2D eigenvalue weighted by molar-refractivity contribution is 0.429. The highest BCUT2D eigenvalue weighted by Crippen LogP contribution is 2.23. The molecule has 0 amide bonds. The van der Waals surface area contributed by atoms with E-state index in [9.17, 15) is 8.42 Å². The van der Waals surface area contributed by atoms with Crippen LogP contribution in [0.25, 0.3) is 0 Å². The summed E-state index contributed by atoms with van der Waals surface area (Å²) in [7, 11) is -2.78. The molecule has 0 spiro atoms. The lowest BCUT2D eigenvalue weighted by Gasteiger charge is -2.13. The minimum absolute atomic E-state index is 0.00977. The predicted molar refractivity (Wildman–Crippen MR) is 61.8 cm³/mol. The summed E-state index contributed by atoms with van der Waals surface area (Å²) in [6.45, 7) is 0. The SMILES string of the molecule is NC(Cc1ccco1)CC1CCS(=O)(=O)C1. The van der Waals surface area contributed by atoms with Gasteiger partial charge in [0.1, 0.15) is 5.76 Å². The third kappa shape index (κ3) is 3.09. The van der Waals surface area contributed by atoms with Gasteiger partial charge in [0.25, 0.3) is 0 Å². The average molecular weight is 243 g/mol. The Labute approximate surface area is 95.7 Å². The first-order valence-electron chi connectivity index (χ1n) is 5.53. The third-order valence-electron chi connectivity index (χ3n) is 3.01. The van der Waals surface area contributed by atoms with E-state index < -0.39 is 9.84 Å². The molecule has 1 aliphatic rings. The van der Waals surface area contributed by atoms with E-state index in [1.165, 1.54) is 0 Å². The Hall–Kier alpha value is -0.810. The number of nitrogens with two attached hydrogens (primary N) is 1. The van der Waals surface area contributed by atoms with Gasteiger partial charge in [-0.1, -0.05) is 0 Å². The molecule has 1 saturated heterocycles. The zero-order valence-electron chi connectivity index (χ0n) is 9.13. The standard InChI is InChI=1S/C11H17NO3S/c12-10(7-11-2-1-4-15-11)6-9-3-5-16(13,14)8-9/h1-2,4,9-10H,3,5-8,12H2. The maximum Gasteiger partial charge on any atom is 0.150 e. The second-order valence-electron chi connectivity index (χ2n) is 4.55. The van der Waals surface area contributed by atoms with Gasteiger partial charge in [0.15, 0.2) is 9.84 Å². The van der Waals surface area contributed by atoms with Gasteiger partial charge in [-0.3, -0.25) is 0 Å². The number of hydrogen-bond donors (Lipinski definition) is 1. The van der Waals surface area contributed by atoms with Gasteiger partial charge in [-0.05, 0) is 30.9 Å². The van der Waals surface area contributed by atoms with Gasteiger partial charge >= 0.3 is 0 Å². The van der Waals surface area contributed by atoms with Crippen molar-refractivity contribution in [3.63, 3.8) is 0 Å². The van der Waals surface area contributed by atoms with Crippen molar-refractivity contribution in [1.82, 2.24) is 0 Å². The molecular formula is C11H17NO3S. The minimum atomic E-state index is -2.78. The van der Waals surface area contributed by atoms with E-state index in [0.29, 0.717) is 17.9 Å². The fourth-order valence-corrected chi connectivity index (χ4v) is 4.14. The maximum absolute atomic E-state index is 11.3. The zero-order chi connectivity index (χ0) is 11.6. The van der Waals surface area contributed by atoms with Gasteiger partial charge in [-0.15, -0.1) is 0 Å². The maximum atomic E-state index is 11.3. The number of sulfone groups is 1. The molecule has 0 aromatic carbocycles. The van der Waals surface area contributed by atoms with E-state index in [2.05, 4.69) is 0 Å². The van der Waals surface area contributed by atoms with Crippen molar-refractivity contribution in [1.29, 1.82) is 0 Å². The largest absolute Gasteiger partial charge is 0.469 e. The predicted octanol–water partition coefficient (Wildman–Crippen LogP) is 0.974. The second-order valence-corrected chi connectivity index (χ2v) is 6.78. The highest BCUT2D eigenvalue weighted by atomic mass is 32.2. The fourth-order valence-electron chi connectivity index (χ4n) is 2.26. The van der Waals surface area contributed by atoms with E-state index in [1.807, 2.05) is 12.1 Å². The van der Waals surface area contributed by atoms with Crippen molar-refractivity contribution >= 4 is 9.84 Å². The first kappa shape index (κ1) is 11.7. The quantitative estimate of drug-likeness (QED) is 0.855. The Bertz CT molecular complexity index is 424. The van der Waals surface area contributed by atoms with Crippen LogP contribution in [0.15, 0.2) is 22.8 Å². The topological polar surface area (TPSA) is 73.3 Å². The smallest absolute Gasteiger partial charge is 0.150 e. The summed E-state index contributed by atoms with van der Waals surface area (Å²) in [6, 6.07) is 3.72. The summed E-state index contributed by atoms with van der Waals surface area (Å²) in [5.74, 6) is 1.73. The normalized spacial score (nSPS) is 25.7. The van der Waals surface area contributed by atoms with Crippen molar-refractivity contribution in [3.8, 4) is 0 Å². The molecule has 0 saturated carbocycles. The van der Waals surface area contributed by atoms with Crippen LogP contribution in [0.5, 0.6) is 0 Å². The number of furan rings is 1. The molecule has 0 bridgehead atoms. The molecule has 2 rings (SSSR count). The zero-order valence-corrected chi connectivity index (χ0v) is 9.95. The summed E-state index contributed by atoms with van der Waals surface area (Å²) < 4.78 is 27.8. The van der Waals surface area contributed by atoms with E-state index in [-0.39, 0.29) is 12.0 Å². The van der Waals surface area contributed by atoms with Gasteiger partial charge in [0, 0.05) is 12.5 Å². The molecule has 90 valence electrons. The average Bonchev–Trinajstić information content (AvgIpc) is 2.76. The molecule has 16 heavy (non-hydrogen) atoms. The molecule has 5 heteroatoms. The van der Waals surface area contributed by atoms with Crippen molar-refractivity contribution in [2.24, 2.45) is 11.7 Å². The molecule has 1 aliphatic heterocycles. The molecule has 0 aliphatic carbocycles. The van der Waals surface area contributed by atoms with Crippen molar-refractivity contribution in [2.75, 3.05) is 11.5 Å². The van der Waals surface area contributed by atoms with E-state index >= 15 is 0 Å². The Kier molecular flexibility index (Phi) is 3.35. The van der Waals surface area contributed by atoms with E-state index in [1.54, 1.807) is 6.26 Å². The lowest BCUT2D eigenvalue weighted by Crippen LogP contribution is -2.26. The summed E-state index contributed by atoms with van der Waals surface area (Å²) in [6.07, 6.45) is 3.83. The van der Waals surface area contributed by atoms with Gasteiger partial charge < -0.3 is 10.2 Å². The van der Waals surface area contributed by atoms with E-state index in [4.69, 9.17) is 10.2 Å². The Morgan fingerprint density at radius 3 is 2.94 bits per heavy atom.